The number of amides is 1. The van der Waals surface area contributed by atoms with Crippen molar-refractivity contribution in [3.8, 4) is 5.75 Å². The van der Waals surface area contributed by atoms with Crippen molar-refractivity contribution >= 4 is 5.91 Å². The van der Waals surface area contributed by atoms with Gasteiger partial charge >= 0.3 is 6.36 Å². The summed E-state index contributed by atoms with van der Waals surface area (Å²) in [5.74, 6) is -0.724. The van der Waals surface area contributed by atoms with E-state index >= 15 is 0 Å². The molecule has 8 heteroatoms. The van der Waals surface area contributed by atoms with E-state index in [9.17, 15) is 18.0 Å². The number of alkyl halides is 3. The van der Waals surface area contributed by atoms with Crippen molar-refractivity contribution in [1.82, 2.24) is 10.2 Å². The van der Waals surface area contributed by atoms with Gasteiger partial charge in [0.15, 0.2) is 0 Å². The molecule has 2 aromatic carbocycles. The molecular weight excluding hydrogens is 373 g/mol. The van der Waals surface area contributed by atoms with Crippen molar-refractivity contribution in [3.05, 3.63) is 65.7 Å². The summed E-state index contributed by atoms with van der Waals surface area (Å²) < 4.78 is 46.0. The number of nitrogens with one attached hydrogen (secondary N) is 1. The van der Waals surface area contributed by atoms with Crippen LogP contribution in [0.15, 0.2) is 54.6 Å². The van der Waals surface area contributed by atoms with Crippen LogP contribution in [-0.2, 0) is 4.74 Å². The lowest BCUT2D eigenvalue weighted by atomic mass is 10.1. The van der Waals surface area contributed by atoms with E-state index in [0.717, 1.165) is 30.8 Å². The zero-order chi connectivity index (χ0) is 20.0. The largest absolute Gasteiger partial charge is 0.573 e. The van der Waals surface area contributed by atoms with E-state index in [0.29, 0.717) is 19.8 Å². The topological polar surface area (TPSA) is 50.8 Å². The van der Waals surface area contributed by atoms with Crippen LogP contribution in [0, 0.1) is 0 Å². The molecule has 1 amide bonds. The number of benzene rings is 2. The lowest BCUT2D eigenvalue weighted by molar-refractivity contribution is -0.274. The Kier molecular flexibility index (Phi) is 6.53. The zero-order valence-electron chi connectivity index (χ0n) is 15.1. The minimum Gasteiger partial charge on any atom is -0.406 e. The molecule has 1 aliphatic rings. The second-order valence-electron chi connectivity index (χ2n) is 6.42. The molecule has 1 atom stereocenters. The van der Waals surface area contributed by atoms with E-state index in [1.54, 1.807) is 0 Å². The summed E-state index contributed by atoms with van der Waals surface area (Å²) in [7, 11) is 0. The Morgan fingerprint density at radius 1 is 1.07 bits per heavy atom. The Balaban J connectivity index is 1.69. The first-order chi connectivity index (χ1) is 13.4. The quantitative estimate of drug-likeness (QED) is 0.816. The average Bonchev–Trinajstić information content (AvgIpc) is 2.68. The molecule has 0 aliphatic carbocycles. The Labute approximate surface area is 161 Å². The lowest BCUT2D eigenvalue weighted by Gasteiger charge is -2.31. The first kappa shape index (κ1) is 20.2. The molecule has 0 bridgehead atoms. The molecule has 0 spiro atoms. The van der Waals surface area contributed by atoms with Gasteiger partial charge in [-0.25, -0.2) is 0 Å². The molecule has 150 valence electrons. The molecule has 1 aliphatic heterocycles. The molecular formula is C20H21F3N2O3. The SMILES string of the molecule is O=C(NC(CN1CCOCC1)c1ccccc1)c1ccc(OC(F)(F)F)cc1. The Morgan fingerprint density at radius 2 is 1.71 bits per heavy atom. The van der Waals surface area contributed by atoms with Gasteiger partial charge in [0.1, 0.15) is 5.75 Å². The fourth-order valence-electron chi connectivity index (χ4n) is 3.01. The van der Waals surface area contributed by atoms with Crippen LogP contribution >= 0.6 is 0 Å². The van der Waals surface area contributed by atoms with Gasteiger partial charge in [0.25, 0.3) is 5.91 Å². The molecule has 1 fully saturated rings. The van der Waals surface area contributed by atoms with E-state index in [1.807, 2.05) is 30.3 Å². The number of ether oxygens (including phenoxy) is 2. The van der Waals surface area contributed by atoms with Crippen LogP contribution < -0.4 is 10.1 Å². The highest BCUT2D eigenvalue weighted by Gasteiger charge is 2.31. The second-order valence-corrected chi connectivity index (χ2v) is 6.42. The van der Waals surface area contributed by atoms with Crippen molar-refractivity contribution in [2.24, 2.45) is 0 Å². The molecule has 1 heterocycles. The van der Waals surface area contributed by atoms with Gasteiger partial charge in [-0.1, -0.05) is 30.3 Å². The third kappa shape index (κ3) is 5.97. The third-order valence-electron chi connectivity index (χ3n) is 4.40. The molecule has 28 heavy (non-hydrogen) atoms. The van der Waals surface area contributed by atoms with Crippen LogP contribution in [0.3, 0.4) is 0 Å². The monoisotopic (exact) mass is 394 g/mol. The summed E-state index contributed by atoms with van der Waals surface area (Å²) in [5.41, 5.74) is 1.22. The fraction of sp³-hybridized carbons (Fsp3) is 0.350. The van der Waals surface area contributed by atoms with E-state index < -0.39 is 6.36 Å². The van der Waals surface area contributed by atoms with Crippen molar-refractivity contribution in [3.63, 3.8) is 0 Å². The molecule has 1 saturated heterocycles. The number of halogens is 3. The van der Waals surface area contributed by atoms with Crippen molar-refractivity contribution in [2.75, 3.05) is 32.8 Å². The third-order valence-corrected chi connectivity index (χ3v) is 4.40. The minimum atomic E-state index is -4.76. The summed E-state index contributed by atoms with van der Waals surface area (Å²) >= 11 is 0. The highest BCUT2D eigenvalue weighted by atomic mass is 19.4. The molecule has 2 aromatic rings. The molecule has 3 rings (SSSR count). The fourth-order valence-corrected chi connectivity index (χ4v) is 3.01. The molecule has 1 unspecified atom stereocenters. The van der Waals surface area contributed by atoms with Crippen LogP contribution in [0.5, 0.6) is 5.75 Å². The molecule has 0 radical (unpaired) electrons. The number of carbonyl (C=O) groups is 1. The predicted octanol–water partition coefficient (Wildman–Crippen LogP) is 3.39. The first-order valence-electron chi connectivity index (χ1n) is 8.92. The summed E-state index contributed by atoms with van der Waals surface area (Å²) in [4.78, 5) is 14.9. The summed E-state index contributed by atoms with van der Waals surface area (Å²) in [6.07, 6.45) is -4.76. The highest BCUT2D eigenvalue weighted by molar-refractivity contribution is 5.94. The van der Waals surface area contributed by atoms with Gasteiger partial charge in [0.2, 0.25) is 0 Å². The maximum atomic E-state index is 12.6. The number of morpholine rings is 1. The Bertz CT molecular complexity index is 761. The highest BCUT2D eigenvalue weighted by Crippen LogP contribution is 2.23. The molecule has 1 N–H and O–H groups in total. The van der Waals surface area contributed by atoms with Gasteiger partial charge < -0.3 is 14.8 Å². The normalized spacial score (nSPS) is 16.4. The number of hydrogen-bond donors (Lipinski definition) is 1. The predicted molar refractivity (Wildman–Crippen MR) is 97.0 cm³/mol. The van der Waals surface area contributed by atoms with Gasteiger partial charge in [-0.15, -0.1) is 13.2 Å². The van der Waals surface area contributed by atoms with Crippen molar-refractivity contribution in [1.29, 1.82) is 0 Å². The number of rotatable bonds is 6. The van der Waals surface area contributed by atoms with E-state index in [-0.39, 0.29) is 23.3 Å². The number of nitrogens with zero attached hydrogens (tertiary/aromatic N) is 1. The Morgan fingerprint density at radius 3 is 2.32 bits per heavy atom. The van der Waals surface area contributed by atoms with Crippen LogP contribution in [-0.4, -0.2) is 50.0 Å². The van der Waals surface area contributed by atoms with Crippen LogP contribution in [0.1, 0.15) is 22.0 Å². The number of hydrogen-bond acceptors (Lipinski definition) is 4. The lowest BCUT2D eigenvalue weighted by Crippen LogP contribution is -2.43. The zero-order valence-corrected chi connectivity index (χ0v) is 15.1. The number of carbonyl (C=O) groups excluding carboxylic acids is 1. The van der Waals surface area contributed by atoms with Gasteiger partial charge in [-0.2, -0.15) is 0 Å². The summed E-state index contributed by atoms with van der Waals surface area (Å²) in [6, 6.07) is 14.2. The minimum absolute atomic E-state index is 0.252. The summed E-state index contributed by atoms with van der Waals surface area (Å²) in [5, 5.41) is 2.98. The van der Waals surface area contributed by atoms with Crippen molar-refractivity contribution in [2.45, 2.75) is 12.4 Å². The standard InChI is InChI=1S/C20H21F3N2O3/c21-20(22,23)28-17-8-6-16(7-9-17)19(26)24-18(15-4-2-1-3-5-15)14-25-10-12-27-13-11-25/h1-9,18H,10-14H2,(H,24,26). The molecule has 5 nitrogen and oxygen atoms in total. The van der Waals surface area contributed by atoms with E-state index in [1.165, 1.54) is 12.1 Å². The maximum Gasteiger partial charge on any atom is 0.573 e. The van der Waals surface area contributed by atoms with Gasteiger partial charge in [-0.3, -0.25) is 9.69 Å². The maximum absolute atomic E-state index is 12.6. The van der Waals surface area contributed by atoms with Crippen LogP contribution in [0.25, 0.3) is 0 Å². The van der Waals surface area contributed by atoms with Crippen LogP contribution in [0.2, 0.25) is 0 Å². The average molecular weight is 394 g/mol. The smallest absolute Gasteiger partial charge is 0.406 e. The summed E-state index contributed by atoms with van der Waals surface area (Å²) in [6.45, 7) is 3.48. The molecule has 0 saturated carbocycles. The second kappa shape index (κ2) is 9.07. The van der Waals surface area contributed by atoms with E-state index in [2.05, 4.69) is 15.0 Å². The first-order valence-corrected chi connectivity index (χ1v) is 8.92. The molecule has 0 aromatic heterocycles. The van der Waals surface area contributed by atoms with Gasteiger partial charge in [-0.05, 0) is 29.8 Å². The van der Waals surface area contributed by atoms with Crippen LogP contribution in [0.4, 0.5) is 13.2 Å². The Hall–Kier alpha value is -2.58. The van der Waals surface area contributed by atoms with Crippen molar-refractivity contribution < 1.29 is 27.4 Å². The van der Waals surface area contributed by atoms with E-state index in [4.69, 9.17) is 4.74 Å². The van der Waals surface area contributed by atoms with Gasteiger partial charge in [0.05, 0.1) is 19.3 Å². The van der Waals surface area contributed by atoms with Gasteiger partial charge in [0, 0.05) is 25.2 Å².